The van der Waals surface area contributed by atoms with Crippen LogP contribution in [-0.4, -0.2) is 67.3 Å². The van der Waals surface area contributed by atoms with Gasteiger partial charge in [-0.1, -0.05) is 0 Å². The first-order valence-corrected chi connectivity index (χ1v) is 9.49. The number of nitrogens with zero attached hydrogens (tertiary/aromatic N) is 6. The molecule has 10 heteroatoms. The largest absolute Gasteiger partial charge is 0.338 e. The molecule has 146 valence electrons. The van der Waals surface area contributed by atoms with Crippen LogP contribution in [0.3, 0.4) is 0 Å². The Balaban J connectivity index is 1.37. The van der Waals surface area contributed by atoms with E-state index in [-0.39, 0.29) is 5.91 Å². The first kappa shape index (κ1) is 17.0. The lowest BCUT2D eigenvalue weighted by molar-refractivity contribution is -0.133. The van der Waals surface area contributed by atoms with E-state index < -0.39 is 5.54 Å². The van der Waals surface area contributed by atoms with E-state index in [4.69, 9.17) is 10.7 Å². The molecular formula is C18H23N9O. The van der Waals surface area contributed by atoms with Crippen LogP contribution in [0.1, 0.15) is 18.5 Å². The summed E-state index contributed by atoms with van der Waals surface area (Å²) in [4.78, 5) is 21.1. The fraction of sp³-hybridized carbons (Fsp3) is 0.444. The number of hydrogen-bond donors (Lipinski definition) is 3. The second kappa shape index (κ2) is 6.20. The minimum absolute atomic E-state index is 0.0742. The standard InChI is InChI=1S/C18H23N9O/c1-12-11-14(23-22-12)20-15-13-3-2-6-27(13)24-17(21-15)26-9-7-25(8-10-26)16(28)18(19)4-5-18/h2-3,6,11H,4-5,7-10,19H2,1H3,(H2,20,21,22,23,24). The first-order valence-electron chi connectivity index (χ1n) is 9.49. The third-order valence-electron chi connectivity index (χ3n) is 5.40. The predicted molar refractivity (Wildman–Crippen MR) is 105 cm³/mol. The summed E-state index contributed by atoms with van der Waals surface area (Å²) in [6, 6.07) is 5.81. The summed E-state index contributed by atoms with van der Waals surface area (Å²) in [5.74, 6) is 2.10. The number of carbonyl (C=O) groups excluding carboxylic acids is 1. The minimum atomic E-state index is -0.610. The highest BCUT2D eigenvalue weighted by Crippen LogP contribution is 2.34. The monoisotopic (exact) mass is 381 g/mol. The number of nitrogens with two attached hydrogens (primary N) is 1. The molecule has 0 radical (unpaired) electrons. The van der Waals surface area contributed by atoms with E-state index in [1.54, 1.807) is 4.52 Å². The summed E-state index contributed by atoms with van der Waals surface area (Å²) in [6.45, 7) is 4.56. The van der Waals surface area contributed by atoms with Crippen LogP contribution in [0.15, 0.2) is 24.4 Å². The Hall–Kier alpha value is -3.14. The molecule has 0 spiro atoms. The van der Waals surface area contributed by atoms with Gasteiger partial charge in [0.2, 0.25) is 11.9 Å². The molecule has 3 aromatic heterocycles. The molecule has 0 bridgehead atoms. The molecule has 28 heavy (non-hydrogen) atoms. The third-order valence-corrected chi connectivity index (χ3v) is 5.40. The van der Waals surface area contributed by atoms with E-state index in [2.05, 4.69) is 25.5 Å². The van der Waals surface area contributed by atoms with Gasteiger partial charge in [-0.25, -0.2) is 4.52 Å². The van der Waals surface area contributed by atoms with Gasteiger partial charge in [0.25, 0.3) is 0 Å². The van der Waals surface area contributed by atoms with Crippen LogP contribution in [0.25, 0.3) is 5.52 Å². The molecule has 1 aliphatic heterocycles. The Morgan fingerprint density at radius 1 is 1.29 bits per heavy atom. The van der Waals surface area contributed by atoms with Gasteiger partial charge in [-0.3, -0.25) is 9.89 Å². The summed E-state index contributed by atoms with van der Waals surface area (Å²) < 4.78 is 1.81. The lowest BCUT2D eigenvalue weighted by Gasteiger charge is -2.36. The van der Waals surface area contributed by atoms with Crippen molar-refractivity contribution in [2.75, 3.05) is 36.4 Å². The number of nitrogens with one attached hydrogen (secondary N) is 2. The normalized spacial score (nSPS) is 18.5. The maximum Gasteiger partial charge on any atom is 0.245 e. The summed E-state index contributed by atoms with van der Waals surface area (Å²) in [6.07, 6.45) is 3.48. The Morgan fingerprint density at radius 2 is 2.07 bits per heavy atom. The highest BCUT2D eigenvalue weighted by atomic mass is 16.2. The molecule has 1 amide bonds. The van der Waals surface area contributed by atoms with Crippen LogP contribution in [0.4, 0.5) is 17.6 Å². The summed E-state index contributed by atoms with van der Waals surface area (Å²) >= 11 is 0. The smallest absolute Gasteiger partial charge is 0.245 e. The quantitative estimate of drug-likeness (QED) is 0.607. The average Bonchev–Trinajstić information content (AvgIpc) is 3.09. The SMILES string of the molecule is Cc1cc(Nc2nc(N3CCN(C(=O)C4(N)CC4)CC3)nn3cccc23)n[nH]1. The summed E-state index contributed by atoms with van der Waals surface area (Å²) in [5.41, 5.74) is 7.29. The highest BCUT2D eigenvalue weighted by molar-refractivity contribution is 5.89. The van der Waals surface area contributed by atoms with Gasteiger partial charge >= 0.3 is 0 Å². The Kier molecular flexibility index (Phi) is 3.76. The molecule has 1 saturated carbocycles. The van der Waals surface area contributed by atoms with Gasteiger partial charge in [-0.05, 0) is 31.9 Å². The second-order valence-corrected chi connectivity index (χ2v) is 7.59. The van der Waals surface area contributed by atoms with Crippen LogP contribution < -0.4 is 16.0 Å². The molecule has 3 aromatic rings. The molecule has 5 rings (SSSR count). The average molecular weight is 381 g/mol. The van der Waals surface area contributed by atoms with Crippen molar-refractivity contribution in [1.29, 1.82) is 0 Å². The molecule has 0 unspecified atom stereocenters. The third kappa shape index (κ3) is 2.95. The lowest BCUT2D eigenvalue weighted by Crippen LogP contribution is -2.54. The zero-order valence-electron chi connectivity index (χ0n) is 15.7. The van der Waals surface area contributed by atoms with E-state index in [1.807, 2.05) is 36.2 Å². The maximum absolute atomic E-state index is 12.5. The van der Waals surface area contributed by atoms with Crippen LogP contribution >= 0.6 is 0 Å². The molecule has 1 aliphatic carbocycles. The molecule has 10 nitrogen and oxygen atoms in total. The van der Waals surface area contributed by atoms with Crippen molar-refractivity contribution in [3.63, 3.8) is 0 Å². The van der Waals surface area contributed by atoms with Crippen molar-refractivity contribution in [3.8, 4) is 0 Å². The van der Waals surface area contributed by atoms with Gasteiger partial charge in [-0.2, -0.15) is 10.1 Å². The number of fused-ring (bicyclic) bond motifs is 1. The molecule has 2 aliphatic rings. The number of aromatic nitrogens is 5. The number of amides is 1. The lowest BCUT2D eigenvalue weighted by atomic mass is 10.2. The fourth-order valence-electron chi connectivity index (χ4n) is 3.53. The van der Waals surface area contributed by atoms with Crippen molar-refractivity contribution < 1.29 is 4.79 Å². The van der Waals surface area contributed by atoms with Crippen molar-refractivity contribution in [3.05, 3.63) is 30.1 Å². The topological polar surface area (TPSA) is 120 Å². The fourth-order valence-corrected chi connectivity index (χ4v) is 3.53. The van der Waals surface area contributed by atoms with Crippen LogP contribution in [-0.2, 0) is 4.79 Å². The predicted octanol–water partition coefficient (Wildman–Crippen LogP) is 0.644. The number of hydrogen-bond acceptors (Lipinski definition) is 7. The van der Waals surface area contributed by atoms with Crippen molar-refractivity contribution in [2.24, 2.45) is 5.73 Å². The summed E-state index contributed by atoms with van der Waals surface area (Å²) in [5, 5.41) is 15.0. The van der Waals surface area contributed by atoms with Crippen molar-refractivity contribution in [1.82, 2.24) is 29.7 Å². The van der Waals surface area contributed by atoms with E-state index >= 15 is 0 Å². The van der Waals surface area contributed by atoms with Gasteiger partial charge in [0, 0.05) is 44.1 Å². The molecule has 0 atom stereocenters. The molecule has 2 fully saturated rings. The van der Waals surface area contributed by atoms with Crippen LogP contribution in [0.2, 0.25) is 0 Å². The van der Waals surface area contributed by atoms with Gasteiger partial charge in [0.15, 0.2) is 11.6 Å². The van der Waals surface area contributed by atoms with Crippen molar-refractivity contribution in [2.45, 2.75) is 25.3 Å². The van der Waals surface area contributed by atoms with Gasteiger partial charge in [0.1, 0.15) is 5.52 Å². The van der Waals surface area contributed by atoms with E-state index in [0.717, 1.165) is 24.1 Å². The van der Waals surface area contributed by atoms with E-state index in [0.29, 0.717) is 43.8 Å². The van der Waals surface area contributed by atoms with Crippen molar-refractivity contribution >= 4 is 29.0 Å². The molecule has 4 heterocycles. The summed E-state index contributed by atoms with van der Waals surface area (Å²) in [7, 11) is 0. The van der Waals surface area contributed by atoms with Crippen LogP contribution in [0.5, 0.6) is 0 Å². The minimum Gasteiger partial charge on any atom is -0.338 e. The Labute approximate surface area is 161 Å². The maximum atomic E-state index is 12.5. The number of carbonyl (C=O) groups is 1. The zero-order valence-corrected chi connectivity index (χ0v) is 15.7. The second-order valence-electron chi connectivity index (χ2n) is 7.59. The number of H-pyrrole nitrogens is 1. The van der Waals surface area contributed by atoms with Gasteiger partial charge < -0.3 is 20.9 Å². The Bertz CT molecular complexity index is 1030. The van der Waals surface area contributed by atoms with E-state index in [1.165, 1.54) is 0 Å². The van der Waals surface area contributed by atoms with Gasteiger partial charge in [0.05, 0.1) is 5.54 Å². The molecular weight excluding hydrogens is 358 g/mol. The molecule has 1 saturated heterocycles. The highest BCUT2D eigenvalue weighted by Gasteiger charge is 2.48. The number of aryl methyl sites for hydroxylation is 1. The number of piperazine rings is 1. The molecule has 0 aromatic carbocycles. The zero-order chi connectivity index (χ0) is 19.3. The molecule has 4 N–H and O–H groups in total. The van der Waals surface area contributed by atoms with Gasteiger partial charge in [-0.15, -0.1) is 5.10 Å². The first-order chi connectivity index (χ1) is 13.5. The van der Waals surface area contributed by atoms with E-state index in [9.17, 15) is 4.79 Å². The number of anilines is 3. The number of rotatable bonds is 4. The number of aromatic amines is 1. The van der Waals surface area contributed by atoms with Crippen LogP contribution in [0, 0.1) is 6.92 Å². The Morgan fingerprint density at radius 3 is 2.75 bits per heavy atom.